The SMILES string of the molecule is CCC1C(=O)N(Cc2ccc(Nc3ccc(N4CCC(C(F)(F)F)CC4)cc3)cc2C)CC1C(N)=O. The highest BCUT2D eigenvalue weighted by Gasteiger charge is 2.42. The predicted octanol–water partition coefficient (Wildman–Crippen LogP) is 4.99. The normalized spacial score (nSPS) is 21.2. The van der Waals surface area contributed by atoms with Crippen LogP contribution in [-0.2, 0) is 16.1 Å². The van der Waals surface area contributed by atoms with Crippen LogP contribution in [0.1, 0.15) is 37.3 Å². The number of aryl methyl sites for hydroxylation is 1. The van der Waals surface area contributed by atoms with Crippen molar-refractivity contribution < 1.29 is 22.8 Å². The van der Waals surface area contributed by atoms with Crippen molar-refractivity contribution in [2.45, 2.75) is 45.8 Å². The molecule has 36 heavy (non-hydrogen) atoms. The van der Waals surface area contributed by atoms with Crippen LogP contribution >= 0.6 is 0 Å². The average Bonchev–Trinajstić information content (AvgIpc) is 3.16. The van der Waals surface area contributed by atoms with E-state index in [-0.39, 0.29) is 24.7 Å². The number of benzene rings is 2. The Bertz CT molecular complexity index is 1100. The number of halogens is 3. The zero-order valence-corrected chi connectivity index (χ0v) is 20.6. The maximum Gasteiger partial charge on any atom is 0.391 e. The summed E-state index contributed by atoms with van der Waals surface area (Å²) in [6.07, 6.45) is -3.27. The second kappa shape index (κ2) is 10.4. The fourth-order valence-corrected chi connectivity index (χ4v) is 5.30. The first-order chi connectivity index (χ1) is 17.1. The van der Waals surface area contributed by atoms with Crippen molar-refractivity contribution in [3.8, 4) is 0 Å². The van der Waals surface area contributed by atoms with Crippen molar-refractivity contribution in [1.82, 2.24) is 4.90 Å². The summed E-state index contributed by atoms with van der Waals surface area (Å²) in [4.78, 5) is 28.2. The molecule has 2 saturated heterocycles. The van der Waals surface area contributed by atoms with Crippen molar-refractivity contribution in [1.29, 1.82) is 0 Å². The molecule has 2 fully saturated rings. The number of nitrogens with two attached hydrogens (primary N) is 1. The van der Waals surface area contributed by atoms with Gasteiger partial charge in [-0.15, -0.1) is 0 Å². The minimum Gasteiger partial charge on any atom is -0.372 e. The van der Waals surface area contributed by atoms with Gasteiger partial charge >= 0.3 is 6.18 Å². The number of alkyl halides is 3. The topological polar surface area (TPSA) is 78.7 Å². The summed E-state index contributed by atoms with van der Waals surface area (Å²) in [6, 6.07) is 13.6. The summed E-state index contributed by atoms with van der Waals surface area (Å²) >= 11 is 0. The number of hydrogen-bond donors (Lipinski definition) is 2. The molecule has 0 spiro atoms. The van der Waals surface area contributed by atoms with Gasteiger partial charge in [-0.05, 0) is 73.7 Å². The second-order valence-electron chi connectivity index (χ2n) is 9.86. The fraction of sp³-hybridized carbons (Fsp3) is 0.481. The van der Waals surface area contributed by atoms with Gasteiger partial charge in [-0.1, -0.05) is 13.0 Å². The van der Waals surface area contributed by atoms with E-state index in [0.717, 1.165) is 28.2 Å². The number of piperidine rings is 1. The van der Waals surface area contributed by atoms with Gasteiger partial charge in [0.2, 0.25) is 11.8 Å². The van der Waals surface area contributed by atoms with Crippen molar-refractivity contribution in [2.75, 3.05) is 29.9 Å². The number of primary amides is 1. The first-order valence-corrected chi connectivity index (χ1v) is 12.4. The second-order valence-corrected chi connectivity index (χ2v) is 9.86. The molecule has 2 amide bonds. The zero-order chi connectivity index (χ0) is 26.0. The van der Waals surface area contributed by atoms with Gasteiger partial charge in [-0.2, -0.15) is 13.2 Å². The molecule has 0 aromatic heterocycles. The van der Waals surface area contributed by atoms with Gasteiger partial charge in [-0.25, -0.2) is 0 Å². The molecule has 9 heteroatoms. The van der Waals surface area contributed by atoms with E-state index in [1.807, 2.05) is 61.2 Å². The lowest BCUT2D eigenvalue weighted by molar-refractivity contribution is -0.179. The molecule has 0 aliphatic carbocycles. The molecule has 3 N–H and O–H groups in total. The summed E-state index contributed by atoms with van der Waals surface area (Å²) in [5.74, 6) is -2.44. The molecule has 2 aliphatic heterocycles. The molecular formula is C27H33F3N4O2. The van der Waals surface area contributed by atoms with Gasteiger partial charge in [0.15, 0.2) is 0 Å². The van der Waals surface area contributed by atoms with Gasteiger partial charge in [0, 0.05) is 43.2 Å². The predicted molar refractivity (Wildman–Crippen MR) is 134 cm³/mol. The molecule has 0 bridgehead atoms. The third-order valence-corrected chi connectivity index (χ3v) is 7.52. The summed E-state index contributed by atoms with van der Waals surface area (Å²) in [7, 11) is 0. The number of carbonyl (C=O) groups excluding carboxylic acids is 2. The lowest BCUT2D eigenvalue weighted by Crippen LogP contribution is -2.38. The van der Waals surface area contributed by atoms with Crippen LogP contribution in [0.4, 0.5) is 30.2 Å². The molecule has 4 rings (SSSR count). The molecule has 2 atom stereocenters. The van der Waals surface area contributed by atoms with Crippen LogP contribution < -0.4 is 16.0 Å². The molecule has 2 aromatic carbocycles. The number of likely N-dealkylation sites (tertiary alicyclic amines) is 1. The zero-order valence-electron chi connectivity index (χ0n) is 20.6. The molecule has 2 heterocycles. The molecule has 6 nitrogen and oxygen atoms in total. The van der Waals surface area contributed by atoms with Crippen molar-refractivity contribution in [3.63, 3.8) is 0 Å². The lowest BCUT2D eigenvalue weighted by Gasteiger charge is -2.34. The maximum atomic E-state index is 12.9. The van der Waals surface area contributed by atoms with Crippen LogP contribution in [0, 0.1) is 24.7 Å². The van der Waals surface area contributed by atoms with Crippen LogP contribution in [0.2, 0.25) is 0 Å². The van der Waals surface area contributed by atoms with Crippen LogP contribution in [0.3, 0.4) is 0 Å². The van der Waals surface area contributed by atoms with Gasteiger partial charge in [0.05, 0.1) is 17.8 Å². The van der Waals surface area contributed by atoms with Gasteiger partial charge in [0.1, 0.15) is 0 Å². The average molecular weight is 503 g/mol. The van der Waals surface area contributed by atoms with E-state index in [1.165, 1.54) is 0 Å². The molecular weight excluding hydrogens is 469 g/mol. The summed E-state index contributed by atoms with van der Waals surface area (Å²) in [6.45, 7) is 5.47. The first-order valence-electron chi connectivity index (χ1n) is 12.4. The molecule has 2 aliphatic rings. The molecule has 0 radical (unpaired) electrons. The highest BCUT2D eigenvalue weighted by molar-refractivity contribution is 5.90. The highest BCUT2D eigenvalue weighted by atomic mass is 19.4. The number of anilines is 3. The number of carbonyl (C=O) groups is 2. The highest BCUT2D eigenvalue weighted by Crippen LogP contribution is 2.36. The number of nitrogens with one attached hydrogen (secondary N) is 1. The smallest absolute Gasteiger partial charge is 0.372 e. The van der Waals surface area contributed by atoms with Gasteiger partial charge in [0.25, 0.3) is 0 Å². The maximum absolute atomic E-state index is 12.9. The number of amides is 2. The van der Waals surface area contributed by atoms with Crippen LogP contribution in [0.25, 0.3) is 0 Å². The fourth-order valence-electron chi connectivity index (χ4n) is 5.30. The minimum absolute atomic E-state index is 0.0226. The Morgan fingerprint density at radius 1 is 1.08 bits per heavy atom. The van der Waals surface area contributed by atoms with E-state index in [4.69, 9.17) is 5.73 Å². The van der Waals surface area contributed by atoms with Gasteiger partial charge < -0.3 is 20.9 Å². The Morgan fingerprint density at radius 3 is 2.25 bits per heavy atom. The van der Waals surface area contributed by atoms with Crippen molar-refractivity contribution in [2.24, 2.45) is 23.5 Å². The van der Waals surface area contributed by atoms with Gasteiger partial charge in [-0.3, -0.25) is 9.59 Å². The van der Waals surface area contributed by atoms with E-state index in [0.29, 0.717) is 32.6 Å². The Hall–Kier alpha value is -3.23. The number of rotatable bonds is 7. The largest absolute Gasteiger partial charge is 0.391 e. The number of hydrogen-bond acceptors (Lipinski definition) is 4. The van der Waals surface area contributed by atoms with Crippen molar-refractivity contribution >= 4 is 28.9 Å². The van der Waals surface area contributed by atoms with E-state index in [9.17, 15) is 22.8 Å². The Morgan fingerprint density at radius 2 is 1.72 bits per heavy atom. The Balaban J connectivity index is 1.36. The van der Waals surface area contributed by atoms with Crippen molar-refractivity contribution in [3.05, 3.63) is 53.6 Å². The summed E-state index contributed by atoms with van der Waals surface area (Å²) in [5.41, 5.74) is 10.2. The minimum atomic E-state index is -4.11. The molecule has 2 unspecified atom stereocenters. The van der Waals surface area contributed by atoms with E-state index in [2.05, 4.69) is 5.32 Å². The summed E-state index contributed by atoms with van der Waals surface area (Å²) in [5, 5.41) is 3.36. The number of nitrogens with zero attached hydrogens (tertiary/aromatic N) is 2. The lowest BCUT2D eigenvalue weighted by atomic mass is 9.93. The molecule has 0 saturated carbocycles. The van der Waals surface area contributed by atoms with E-state index < -0.39 is 23.9 Å². The van der Waals surface area contributed by atoms with Crippen LogP contribution in [0.5, 0.6) is 0 Å². The quantitative estimate of drug-likeness (QED) is 0.559. The first kappa shape index (κ1) is 25.9. The summed E-state index contributed by atoms with van der Waals surface area (Å²) < 4.78 is 38.7. The third kappa shape index (κ3) is 5.60. The van der Waals surface area contributed by atoms with Crippen LogP contribution in [0.15, 0.2) is 42.5 Å². The van der Waals surface area contributed by atoms with Crippen LogP contribution in [-0.4, -0.2) is 42.5 Å². The third-order valence-electron chi connectivity index (χ3n) is 7.52. The Kier molecular flexibility index (Phi) is 7.47. The van der Waals surface area contributed by atoms with E-state index in [1.54, 1.807) is 4.90 Å². The molecule has 2 aromatic rings. The standard InChI is InChI=1S/C27H33F3N4O2/c1-3-23-24(25(31)35)16-34(26(23)36)15-18-4-5-21(14-17(18)2)32-20-6-8-22(9-7-20)33-12-10-19(11-13-33)27(28,29)30/h4-9,14,19,23-24,32H,3,10-13,15-16H2,1-2H3,(H2,31,35). The Labute approximate surface area is 209 Å². The van der Waals surface area contributed by atoms with E-state index >= 15 is 0 Å². The monoisotopic (exact) mass is 502 g/mol. The molecule has 194 valence electrons.